The Hall–Kier alpha value is -2.17. The molecule has 5 nitrogen and oxygen atoms in total. The minimum absolute atomic E-state index is 0.0662. The molecular weight excluding hydrogens is 278 g/mol. The van der Waals surface area contributed by atoms with Crippen molar-refractivity contribution in [1.82, 2.24) is 9.97 Å². The van der Waals surface area contributed by atoms with Crippen LogP contribution in [0.25, 0.3) is 10.9 Å². The summed E-state index contributed by atoms with van der Waals surface area (Å²) in [5, 5.41) is 1.05. The van der Waals surface area contributed by atoms with E-state index in [0.717, 1.165) is 36.1 Å². The summed E-state index contributed by atoms with van der Waals surface area (Å²) in [7, 11) is 0. The largest absolute Gasteiger partial charge is 0.466 e. The molecule has 0 N–H and O–H groups in total. The van der Waals surface area contributed by atoms with E-state index in [9.17, 15) is 4.79 Å². The number of nitrogens with zero attached hydrogens (tertiary/aromatic N) is 3. The molecule has 1 atom stereocenters. The first kappa shape index (κ1) is 14.8. The van der Waals surface area contributed by atoms with Gasteiger partial charge in [0.2, 0.25) is 0 Å². The number of anilines is 1. The average molecular weight is 299 g/mol. The molecule has 3 rings (SSSR count). The molecule has 5 heteroatoms. The molecule has 0 spiro atoms. The van der Waals surface area contributed by atoms with E-state index in [1.807, 2.05) is 13.0 Å². The molecule has 0 unspecified atom stereocenters. The minimum Gasteiger partial charge on any atom is -0.466 e. The molecule has 1 saturated heterocycles. The van der Waals surface area contributed by atoms with Gasteiger partial charge < -0.3 is 9.64 Å². The number of fused-ring (bicyclic) bond motifs is 1. The van der Waals surface area contributed by atoms with Crippen molar-refractivity contribution in [2.24, 2.45) is 5.92 Å². The first-order valence-corrected chi connectivity index (χ1v) is 7.82. The quantitative estimate of drug-likeness (QED) is 0.816. The third kappa shape index (κ3) is 2.89. The molecule has 1 aliphatic heterocycles. The zero-order chi connectivity index (χ0) is 15.5. The molecule has 1 aromatic carbocycles. The summed E-state index contributed by atoms with van der Waals surface area (Å²) >= 11 is 0. The van der Waals surface area contributed by atoms with Crippen LogP contribution in [0.1, 0.15) is 25.3 Å². The van der Waals surface area contributed by atoms with Crippen LogP contribution in [0.3, 0.4) is 0 Å². The number of benzene rings is 1. The first-order chi connectivity index (χ1) is 10.7. The molecule has 1 aliphatic rings. The lowest BCUT2D eigenvalue weighted by molar-refractivity contribution is -0.148. The second-order valence-electron chi connectivity index (χ2n) is 5.76. The van der Waals surface area contributed by atoms with Crippen LogP contribution in [0.5, 0.6) is 0 Å². The lowest BCUT2D eigenvalue weighted by atomic mass is 9.98. The van der Waals surface area contributed by atoms with Crippen molar-refractivity contribution in [2.45, 2.75) is 26.7 Å². The second kappa shape index (κ2) is 6.30. The van der Waals surface area contributed by atoms with Crippen LogP contribution in [-0.4, -0.2) is 35.6 Å². The van der Waals surface area contributed by atoms with Crippen LogP contribution in [0, 0.1) is 12.8 Å². The Morgan fingerprint density at radius 3 is 3.09 bits per heavy atom. The van der Waals surface area contributed by atoms with Gasteiger partial charge in [-0.25, -0.2) is 9.97 Å². The molecule has 2 aromatic rings. The van der Waals surface area contributed by atoms with Crippen LogP contribution in [0.15, 0.2) is 24.5 Å². The molecule has 1 aromatic heterocycles. The van der Waals surface area contributed by atoms with Gasteiger partial charge in [-0.15, -0.1) is 0 Å². The average Bonchev–Trinajstić information content (AvgIpc) is 2.54. The summed E-state index contributed by atoms with van der Waals surface area (Å²) < 4.78 is 5.17. The Kier molecular flexibility index (Phi) is 4.22. The highest BCUT2D eigenvalue weighted by atomic mass is 16.5. The minimum atomic E-state index is -0.0956. The van der Waals surface area contributed by atoms with E-state index in [-0.39, 0.29) is 11.9 Å². The van der Waals surface area contributed by atoms with E-state index in [1.54, 1.807) is 6.33 Å². The van der Waals surface area contributed by atoms with Gasteiger partial charge in [-0.2, -0.15) is 0 Å². The van der Waals surface area contributed by atoms with Crippen molar-refractivity contribution >= 4 is 22.7 Å². The summed E-state index contributed by atoms with van der Waals surface area (Å²) in [6, 6.07) is 6.18. The number of hydrogen-bond acceptors (Lipinski definition) is 5. The molecule has 0 amide bonds. The molecule has 1 fully saturated rings. The van der Waals surface area contributed by atoms with Gasteiger partial charge in [-0.1, -0.05) is 11.6 Å². The summed E-state index contributed by atoms with van der Waals surface area (Å²) in [5.41, 5.74) is 2.12. The number of carbonyl (C=O) groups excluding carboxylic acids is 1. The van der Waals surface area contributed by atoms with Crippen molar-refractivity contribution in [1.29, 1.82) is 0 Å². The SMILES string of the molecule is CCOC(=O)[C@@H]1CCCN(c2ncnc3ccc(C)cc23)C1. The zero-order valence-corrected chi connectivity index (χ0v) is 13.1. The Bertz CT molecular complexity index is 687. The van der Waals surface area contributed by atoms with E-state index >= 15 is 0 Å². The fourth-order valence-corrected chi connectivity index (χ4v) is 3.03. The Balaban J connectivity index is 1.90. The third-order valence-electron chi connectivity index (χ3n) is 4.11. The van der Waals surface area contributed by atoms with Gasteiger partial charge >= 0.3 is 5.97 Å². The van der Waals surface area contributed by atoms with Gasteiger partial charge in [0.05, 0.1) is 18.0 Å². The molecule has 0 saturated carbocycles. The van der Waals surface area contributed by atoms with Gasteiger partial charge in [0, 0.05) is 18.5 Å². The fraction of sp³-hybridized carbons (Fsp3) is 0.471. The predicted molar refractivity (Wildman–Crippen MR) is 85.8 cm³/mol. The Labute approximate surface area is 130 Å². The standard InChI is InChI=1S/C17H21N3O2/c1-3-22-17(21)13-5-4-8-20(10-13)16-14-9-12(2)6-7-15(14)18-11-19-16/h6-7,9,11,13H,3-5,8,10H2,1-2H3/t13-/m1/s1. The molecule has 22 heavy (non-hydrogen) atoms. The zero-order valence-electron chi connectivity index (χ0n) is 13.1. The highest BCUT2D eigenvalue weighted by Crippen LogP contribution is 2.28. The van der Waals surface area contributed by atoms with Gasteiger partial charge in [-0.3, -0.25) is 4.79 Å². The van der Waals surface area contributed by atoms with Gasteiger partial charge in [-0.05, 0) is 38.8 Å². The maximum absolute atomic E-state index is 12.0. The molecule has 0 radical (unpaired) electrons. The van der Waals surface area contributed by atoms with Crippen LogP contribution in [0.2, 0.25) is 0 Å². The predicted octanol–water partition coefficient (Wildman–Crippen LogP) is 2.72. The number of carbonyl (C=O) groups is 1. The lowest BCUT2D eigenvalue weighted by Crippen LogP contribution is -2.40. The molecule has 0 aliphatic carbocycles. The highest BCUT2D eigenvalue weighted by molar-refractivity contribution is 5.90. The van der Waals surface area contributed by atoms with Crippen molar-refractivity contribution in [2.75, 3.05) is 24.6 Å². The number of rotatable bonds is 3. The second-order valence-corrected chi connectivity index (χ2v) is 5.76. The first-order valence-electron chi connectivity index (χ1n) is 7.82. The Morgan fingerprint density at radius 1 is 1.41 bits per heavy atom. The van der Waals surface area contributed by atoms with Gasteiger partial charge in [0.1, 0.15) is 12.1 Å². The summed E-state index contributed by atoms with van der Waals surface area (Å²) in [6.45, 7) is 5.92. The van der Waals surface area contributed by atoms with Crippen molar-refractivity contribution < 1.29 is 9.53 Å². The number of esters is 1. The van der Waals surface area contributed by atoms with Crippen LogP contribution in [0.4, 0.5) is 5.82 Å². The van der Waals surface area contributed by atoms with E-state index in [0.29, 0.717) is 13.2 Å². The van der Waals surface area contributed by atoms with Gasteiger partial charge in [0.15, 0.2) is 0 Å². The normalized spacial score (nSPS) is 18.5. The molecule has 0 bridgehead atoms. The number of aryl methyl sites for hydroxylation is 1. The topological polar surface area (TPSA) is 55.3 Å². The molecule has 2 heterocycles. The van der Waals surface area contributed by atoms with E-state index < -0.39 is 0 Å². The maximum atomic E-state index is 12.0. The fourth-order valence-electron chi connectivity index (χ4n) is 3.03. The van der Waals surface area contributed by atoms with Crippen molar-refractivity contribution in [3.8, 4) is 0 Å². The van der Waals surface area contributed by atoms with E-state index in [2.05, 4.69) is 33.9 Å². The molecular formula is C17H21N3O2. The van der Waals surface area contributed by atoms with Crippen molar-refractivity contribution in [3.63, 3.8) is 0 Å². The van der Waals surface area contributed by atoms with Crippen molar-refractivity contribution in [3.05, 3.63) is 30.1 Å². The lowest BCUT2D eigenvalue weighted by Gasteiger charge is -2.32. The van der Waals surface area contributed by atoms with E-state index in [1.165, 1.54) is 5.56 Å². The number of piperidine rings is 1. The Morgan fingerprint density at radius 2 is 2.27 bits per heavy atom. The smallest absolute Gasteiger partial charge is 0.310 e. The number of ether oxygens (including phenoxy) is 1. The van der Waals surface area contributed by atoms with Crippen LogP contribution in [-0.2, 0) is 9.53 Å². The third-order valence-corrected chi connectivity index (χ3v) is 4.11. The number of aromatic nitrogens is 2. The summed E-state index contributed by atoms with van der Waals surface area (Å²) in [4.78, 5) is 23.0. The number of hydrogen-bond donors (Lipinski definition) is 0. The van der Waals surface area contributed by atoms with Crippen LogP contribution < -0.4 is 4.90 Å². The van der Waals surface area contributed by atoms with Gasteiger partial charge in [0.25, 0.3) is 0 Å². The highest BCUT2D eigenvalue weighted by Gasteiger charge is 2.28. The summed E-state index contributed by atoms with van der Waals surface area (Å²) in [6.07, 6.45) is 3.46. The summed E-state index contributed by atoms with van der Waals surface area (Å²) in [5.74, 6) is 0.757. The monoisotopic (exact) mass is 299 g/mol. The van der Waals surface area contributed by atoms with E-state index in [4.69, 9.17) is 4.74 Å². The molecule has 116 valence electrons. The maximum Gasteiger partial charge on any atom is 0.310 e. The van der Waals surface area contributed by atoms with Crippen LogP contribution >= 0.6 is 0 Å².